The molecule has 0 bridgehead atoms. The topological polar surface area (TPSA) is 74.7 Å². The van der Waals surface area contributed by atoms with E-state index in [-0.39, 0.29) is 18.2 Å². The molecule has 1 fully saturated rings. The van der Waals surface area contributed by atoms with Crippen LogP contribution < -0.4 is 0 Å². The van der Waals surface area contributed by atoms with Crippen molar-refractivity contribution in [3.63, 3.8) is 0 Å². The highest BCUT2D eigenvalue weighted by molar-refractivity contribution is 7.89. The largest absolute Gasteiger partial charge is 0.480 e. The quantitative estimate of drug-likeness (QED) is 0.714. The van der Waals surface area contributed by atoms with Gasteiger partial charge < -0.3 is 5.11 Å². The molecule has 0 aromatic heterocycles. The number of nitrogens with zero attached hydrogens (tertiary/aromatic N) is 1. The van der Waals surface area contributed by atoms with E-state index in [1.165, 1.54) is 12.5 Å². The van der Waals surface area contributed by atoms with Crippen LogP contribution in [0.3, 0.4) is 0 Å². The Morgan fingerprint density at radius 2 is 1.94 bits per heavy atom. The average Bonchev–Trinajstić information content (AvgIpc) is 2.28. The molecular formula is C12H21NO4S. The lowest BCUT2D eigenvalue weighted by atomic mass is 9.91. The van der Waals surface area contributed by atoms with Crippen molar-refractivity contribution in [2.24, 2.45) is 5.92 Å². The second-order valence-electron chi connectivity index (χ2n) is 4.76. The number of hydrogen-bond acceptors (Lipinski definition) is 3. The highest BCUT2D eigenvalue weighted by atomic mass is 32.2. The molecule has 0 aromatic carbocycles. The van der Waals surface area contributed by atoms with E-state index >= 15 is 0 Å². The minimum absolute atomic E-state index is 0.0569. The second kappa shape index (κ2) is 6.89. The van der Waals surface area contributed by atoms with E-state index in [0.29, 0.717) is 0 Å². The summed E-state index contributed by atoms with van der Waals surface area (Å²) in [6, 6.07) is 0. The molecule has 0 atom stereocenters. The van der Waals surface area contributed by atoms with Crippen LogP contribution in [-0.4, -0.2) is 42.6 Å². The van der Waals surface area contributed by atoms with E-state index in [2.05, 4.69) is 6.58 Å². The molecule has 104 valence electrons. The van der Waals surface area contributed by atoms with Crippen LogP contribution in [0.2, 0.25) is 0 Å². The van der Waals surface area contributed by atoms with E-state index in [4.69, 9.17) is 5.11 Å². The van der Waals surface area contributed by atoms with Gasteiger partial charge >= 0.3 is 5.97 Å². The van der Waals surface area contributed by atoms with Crippen molar-refractivity contribution in [1.82, 2.24) is 4.31 Å². The number of carbonyl (C=O) groups is 1. The Balaban J connectivity index is 2.67. The third kappa shape index (κ3) is 4.78. The lowest BCUT2D eigenvalue weighted by Gasteiger charge is -2.25. The van der Waals surface area contributed by atoms with Crippen molar-refractivity contribution in [1.29, 1.82) is 0 Å². The molecule has 0 aromatic rings. The summed E-state index contributed by atoms with van der Waals surface area (Å²) in [4.78, 5) is 10.7. The first kappa shape index (κ1) is 15.2. The summed E-state index contributed by atoms with van der Waals surface area (Å²) < 4.78 is 25.3. The number of carboxylic acids is 1. The predicted octanol–water partition coefficient (Wildman–Crippen LogP) is 1.47. The zero-order valence-corrected chi connectivity index (χ0v) is 11.4. The minimum atomic E-state index is -3.50. The first-order chi connectivity index (χ1) is 8.45. The number of aliphatic carboxylic acids is 1. The maximum atomic E-state index is 12.1. The molecule has 0 aliphatic heterocycles. The Morgan fingerprint density at radius 1 is 1.33 bits per heavy atom. The maximum absolute atomic E-state index is 12.1. The van der Waals surface area contributed by atoms with Crippen LogP contribution in [0.1, 0.15) is 32.1 Å². The van der Waals surface area contributed by atoms with Crippen LogP contribution in [-0.2, 0) is 14.8 Å². The van der Waals surface area contributed by atoms with Crippen LogP contribution >= 0.6 is 0 Å². The fourth-order valence-corrected chi connectivity index (χ4v) is 4.11. The molecule has 1 rings (SSSR count). The molecule has 0 radical (unpaired) electrons. The zero-order chi connectivity index (χ0) is 13.6. The Bertz CT molecular complexity index is 385. The van der Waals surface area contributed by atoms with Crippen molar-refractivity contribution in [2.75, 3.05) is 18.8 Å². The Hall–Kier alpha value is -0.880. The summed E-state index contributed by atoms with van der Waals surface area (Å²) >= 11 is 0. The molecular weight excluding hydrogens is 254 g/mol. The van der Waals surface area contributed by atoms with E-state index in [1.54, 1.807) is 0 Å². The van der Waals surface area contributed by atoms with Gasteiger partial charge in [-0.15, -0.1) is 6.58 Å². The number of rotatable bonds is 7. The van der Waals surface area contributed by atoms with Crippen molar-refractivity contribution < 1.29 is 18.3 Å². The Labute approximate surface area is 109 Å². The molecule has 1 N–H and O–H groups in total. The second-order valence-corrected chi connectivity index (χ2v) is 6.77. The van der Waals surface area contributed by atoms with Crippen LogP contribution in [0.5, 0.6) is 0 Å². The van der Waals surface area contributed by atoms with Gasteiger partial charge in [0.2, 0.25) is 10.0 Å². The first-order valence-corrected chi connectivity index (χ1v) is 7.87. The molecule has 18 heavy (non-hydrogen) atoms. The van der Waals surface area contributed by atoms with E-state index in [0.717, 1.165) is 30.0 Å². The van der Waals surface area contributed by atoms with Crippen LogP contribution in [0, 0.1) is 5.92 Å². The summed E-state index contributed by atoms with van der Waals surface area (Å²) in [5.41, 5.74) is 0. The van der Waals surface area contributed by atoms with Gasteiger partial charge in [-0.25, -0.2) is 8.42 Å². The highest BCUT2D eigenvalue weighted by Gasteiger charge is 2.27. The summed E-state index contributed by atoms with van der Waals surface area (Å²) in [6.45, 7) is 3.04. The molecule has 1 aliphatic carbocycles. The van der Waals surface area contributed by atoms with Gasteiger partial charge in [0, 0.05) is 6.54 Å². The van der Waals surface area contributed by atoms with Gasteiger partial charge in [0.1, 0.15) is 6.54 Å². The molecule has 0 amide bonds. The zero-order valence-electron chi connectivity index (χ0n) is 10.5. The standard InChI is InChI=1S/C12H21NO4S/c1-2-8-13(9-12(14)15)18(16,17)10-11-6-4-3-5-7-11/h2,11H,1,3-10H2,(H,14,15). The van der Waals surface area contributed by atoms with Crippen molar-refractivity contribution >= 4 is 16.0 Å². The van der Waals surface area contributed by atoms with Crippen LogP contribution in [0.15, 0.2) is 12.7 Å². The van der Waals surface area contributed by atoms with Crippen molar-refractivity contribution in [3.05, 3.63) is 12.7 Å². The predicted molar refractivity (Wildman–Crippen MR) is 69.8 cm³/mol. The van der Waals surface area contributed by atoms with Gasteiger partial charge in [-0.05, 0) is 18.8 Å². The first-order valence-electron chi connectivity index (χ1n) is 6.26. The summed E-state index contributed by atoms with van der Waals surface area (Å²) in [7, 11) is -3.50. The van der Waals surface area contributed by atoms with Gasteiger partial charge in [-0.2, -0.15) is 4.31 Å². The monoisotopic (exact) mass is 275 g/mol. The lowest BCUT2D eigenvalue weighted by molar-refractivity contribution is -0.137. The number of carboxylic acid groups (broad SMARTS) is 1. The minimum Gasteiger partial charge on any atom is -0.480 e. The van der Waals surface area contributed by atoms with Gasteiger partial charge in [0.15, 0.2) is 0 Å². The van der Waals surface area contributed by atoms with Crippen LogP contribution in [0.4, 0.5) is 0 Å². The highest BCUT2D eigenvalue weighted by Crippen LogP contribution is 2.25. The molecule has 0 spiro atoms. The summed E-state index contributed by atoms with van der Waals surface area (Å²) in [5.74, 6) is -0.900. The van der Waals surface area contributed by atoms with E-state index in [1.807, 2.05) is 0 Å². The van der Waals surface area contributed by atoms with Gasteiger partial charge in [-0.3, -0.25) is 4.79 Å². The number of hydrogen-bond donors (Lipinski definition) is 1. The van der Waals surface area contributed by atoms with Gasteiger partial charge in [-0.1, -0.05) is 25.3 Å². The third-order valence-electron chi connectivity index (χ3n) is 3.21. The lowest BCUT2D eigenvalue weighted by Crippen LogP contribution is -2.39. The molecule has 0 heterocycles. The normalized spacial score (nSPS) is 17.8. The fraction of sp³-hybridized carbons (Fsp3) is 0.750. The van der Waals surface area contributed by atoms with Gasteiger partial charge in [0.05, 0.1) is 5.75 Å². The van der Waals surface area contributed by atoms with Gasteiger partial charge in [0.25, 0.3) is 0 Å². The SMILES string of the molecule is C=CCN(CC(=O)O)S(=O)(=O)CC1CCCCC1. The van der Waals surface area contributed by atoms with E-state index in [9.17, 15) is 13.2 Å². The van der Waals surface area contributed by atoms with Crippen molar-refractivity contribution in [2.45, 2.75) is 32.1 Å². The molecule has 1 aliphatic rings. The number of sulfonamides is 1. The van der Waals surface area contributed by atoms with Crippen molar-refractivity contribution in [3.8, 4) is 0 Å². The average molecular weight is 275 g/mol. The summed E-state index contributed by atoms with van der Waals surface area (Å²) in [5, 5.41) is 8.74. The molecule has 0 saturated heterocycles. The maximum Gasteiger partial charge on any atom is 0.318 e. The molecule has 1 saturated carbocycles. The van der Waals surface area contributed by atoms with E-state index < -0.39 is 22.5 Å². The smallest absolute Gasteiger partial charge is 0.318 e. The molecule has 0 unspecified atom stereocenters. The fourth-order valence-electron chi connectivity index (χ4n) is 2.33. The Kier molecular flexibility index (Phi) is 5.81. The molecule has 5 nitrogen and oxygen atoms in total. The summed E-state index contributed by atoms with van der Waals surface area (Å²) in [6.07, 6.45) is 6.58. The third-order valence-corrected chi connectivity index (χ3v) is 5.17. The molecule has 6 heteroatoms. The van der Waals surface area contributed by atoms with Crippen LogP contribution in [0.25, 0.3) is 0 Å². The Morgan fingerprint density at radius 3 is 2.44 bits per heavy atom.